The number of hydrogen-bond acceptors (Lipinski definition) is 1. The summed E-state index contributed by atoms with van der Waals surface area (Å²) in [6.07, 6.45) is 0. The van der Waals surface area contributed by atoms with Crippen molar-refractivity contribution < 1.29 is 0 Å². The molecule has 1 nitrogen and oxygen atoms in total. The summed E-state index contributed by atoms with van der Waals surface area (Å²) >= 11 is 0. The van der Waals surface area contributed by atoms with Crippen LogP contribution in [0.15, 0.2) is 224 Å². The summed E-state index contributed by atoms with van der Waals surface area (Å²) in [4.78, 5) is 2.37. The number of nitrogens with zero attached hydrogens (tertiary/aromatic N) is 1. The van der Waals surface area contributed by atoms with Crippen molar-refractivity contribution in [3.63, 3.8) is 0 Å². The van der Waals surface area contributed by atoms with Gasteiger partial charge in [0.05, 0.1) is 5.41 Å². The number of hydrogen-bond donors (Lipinski definition) is 0. The molecule has 1 heteroatoms. The van der Waals surface area contributed by atoms with Crippen molar-refractivity contribution >= 4 is 38.6 Å². The van der Waals surface area contributed by atoms with Gasteiger partial charge in [0.15, 0.2) is 0 Å². The molecular formula is C59H43N. The van der Waals surface area contributed by atoms with Gasteiger partial charge in [-0.2, -0.15) is 0 Å². The normalized spacial score (nSPS) is 14.2. The highest BCUT2D eigenvalue weighted by molar-refractivity contribution is 5.96. The molecule has 0 spiro atoms. The SMILES string of the molecule is Cc1ccccc1-c1cccc(C2(c3ccc(N(c4ccccc4)c4ccc(-c5ccc6ccccc6c5)cc4)cc3)c3ccccc3-c3cc4ccccc4cc32)c1C. The number of fused-ring (bicyclic) bond motifs is 5. The minimum absolute atomic E-state index is 0.559. The second-order valence-electron chi connectivity index (χ2n) is 16.2. The van der Waals surface area contributed by atoms with Gasteiger partial charge in [0.2, 0.25) is 0 Å². The quantitative estimate of drug-likeness (QED) is 0.156. The molecule has 0 saturated heterocycles. The van der Waals surface area contributed by atoms with Gasteiger partial charge in [-0.3, -0.25) is 0 Å². The van der Waals surface area contributed by atoms with Crippen molar-refractivity contribution in [3.8, 4) is 33.4 Å². The van der Waals surface area contributed by atoms with E-state index in [4.69, 9.17) is 0 Å². The Kier molecular flexibility index (Phi) is 8.57. The molecule has 10 aromatic carbocycles. The predicted octanol–water partition coefficient (Wildman–Crippen LogP) is 15.8. The van der Waals surface area contributed by atoms with E-state index < -0.39 is 5.41 Å². The molecule has 0 fully saturated rings. The maximum atomic E-state index is 2.46. The third kappa shape index (κ3) is 5.69. The van der Waals surface area contributed by atoms with E-state index in [1.807, 2.05) is 0 Å². The molecule has 11 rings (SSSR count). The molecule has 10 aromatic rings. The molecule has 1 aliphatic carbocycles. The zero-order valence-electron chi connectivity index (χ0n) is 33.8. The van der Waals surface area contributed by atoms with E-state index in [9.17, 15) is 0 Å². The first-order valence-electron chi connectivity index (χ1n) is 20.9. The number of para-hydroxylation sites is 1. The molecule has 0 bridgehead atoms. The molecule has 0 amide bonds. The van der Waals surface area contributed by atoms with Crippen LogP contribution in [0, 0.1) is 13.8 Å². The monoisotopic (exact) mass is 765 g/mol. The smallest absolute Gasteiger partial charge is 0.0716 e. The van der Waals surface area contributed by atoms with Crippen molar-refractivity contribution in [2.75, 3.05) is 4.90 Å². The average Bonchev–Trinajstić information content (AvgIpc) is 3.59. The van der Waals surface area contributed by atoms with Crippen molar-refractivity contribution in [3.05, 3.63) is 258 Å². The van der Waals surface area contributed by atoms with Crippen LogP contribution in [0.2, 0.25) is 0 Å². The summed E-state index contributed by atoms with van der Waals surface area (Å²) in [5, 5.41) is 5.01. The molecule has 60 heavy (non-hydrogen) atoms. The first kappa shape index (κ1) is 35.7. The van der Waals surface area contributed by atoms with Crippen LogP contribution in [0.5, 0.6) is 0 Å². The Morgan fingerprint density at radius 2 is 0.850 bits per heavy atom. The zero-order valence-corrected chi connectivity index (χ0v) is 33.8. The Balaban J connectivity index is 1.10. The zero-order chi connectivity index (χ0) is 40.2. The predicted molar refractivity (Wildman–Crippen MR) is 254 cm³/mol. The van der Waals surface area contributed by atoms with Crippen LogP contribution in [-0.4, -0.2) is 0 Å². The number of aryl methyl sites for hydroxylation is 1. The first-order chi connectivity index (χ1) is 29.6. The third-order valence-corrected chi connectivity index (χ3v) is 12.9. The highest BCUT2D eigenvalue weighted by Crippen LogP contribution is 2.58. The van der Waals surface area contributed by atoms with Crippen LogP contribution in [-0.2, 0) is 5.41 Å². The van der Waals surface area contributed by atoms with Gasteiger partial charge in [-0.15, -0.1) is 0 Å². The topological polar surface area (TPSA) is 3.24 Å². The lowest BCUT2D eigenvalue weighted by atomic mass is 9.65. The molecule has 0 saturated carbocycles. The largest absolute Gasteiger partial charge is 0.311 e. The van der Waals surface area contributed by atoms with Crippen LogP contribution in [0.25, 0.3) is 54.9 Å². The molecule has 0 aliphatic heterocycles. The average molecular weight is 766 g/mol. The maximum absolute atomic E-state index is 2.46. The Hall–Kier alpha value is -7.48. The van der Waals surface area contributed by atoms with Crippen LogP contribution >= 0.6 is 0 Å². The third-order valence-electron chi connectivity index (χ3n) is 12.9. The summed E-state index contributed by atoms with van der Waals surface area (Å²) in [5.74, 6) is 0. The fourth-order valence-corrected chi connectivity index (χ4v) is 9.99. The fourth-order valence-electron chi connectivity index (χ4n) is 9.99. The van der Waals surface area contributed by atoms with Crippen molar-refractivity contribution in [2.45, 2.75) is 19.3 Å². The molecule has 1 unspecified atom stereocenters. The second kappa shape index (κ2) is 14.4. The van der Waals surface area contributed by atoms with Gasteiger partial charge in [0, 0.05) is 17.1 Å². The minimum atomic E-state index is -0.559. The lowest BCUT2D eigenvalue weighted by molar-refractivity contribution is 0.762. The Bertz CT molecular complexity index is 3210. The number of anilines is 3. The van der Waals surface area contributed by atoms with Gasteiger partial charge in [-0.25, -0.2) is 0 Å². The van der Waals surface area contributed by atoms with E-state index in [0.717, 1.165) is 17.1 Å². The van der Waals surface area contributed by atoms with E-state index >= 15 is 0 Å². The summed E-state index contributed by atoms with van der Waals surface area (Å²) in [6, 6.07) is 82.9. The van der Waals surface area contributed by atoms with E-state index in [2.05, 4.69) is 243 Å². The van der Waals surface area contributed by atoms with Crippen LogP contribution in [0.3, 0.4) is 0 Å². The first-order valence-corrected chi connectivity index (χ1v) is 20.9. The molecule has 1 aliphatic rings. The van der Waals surface area contributed by atoms with Crippen molar-refractivity contribution in [1.29, 1.82) is 0 Å². The van der Waals surface area contributed by atoms with Gasteiger partial charge in [0.1, 0.15) is 0 Å². The summed E-state index contributed by atoms with van der Waals surface area (Å²) in [7, 11) is 0. The van der Waals surface area contributed by atoms with Crippen molar-refractivity contribution in [1.82, 2.24) is 0 Å². The Morgan fingerprint density at radius 3 is 1.58 bits per heavy atom. The van der Waals surface area contributed by atoms with Gasteiger partial charge in [-0.05, 0) is 157 Å². The molecule has 0 radical (unpaired) electrons. The van der Waals surface area contributed by atoms with E-state index in [0.29, 0.717) is 0 Å². The standard InChI is InChI=1S/C59H43N/c1-40-15-6-11-22-52(40)53-24-14-26-56(41(53)2)59(57-25-13-12-23-54(57)55-38-45-18-9-10-19-46(45)39-58(55)59)48-31-35-51(36-32-48)60(49-20-4-3-5-21-49)50-33-29-43(30-34-50)47-28-27-42-16-7-8-17-44(42)37-47/h3-39H,1-2H3. The Labute approximate surface area is 352 Å². The van der Waals surface area contributed by atoms with E-state index in [1.54, 1.807) is 0 Å². The van der Waals surface area contributed by atoms with Crippen LogP contribution < -0.4 is 4.90 Å². The van der Waals surface area contributed by atoms with Gasteiger partial charge in [0.25, 0.3) is 0 Å². The van der Waals surface area contributed by atoms with Gasteiger partial charge < -0.3 is 4.90 Å². The summed E-state index contributed by atoms with van der Waals surface area (Å²) in [5.41, 5.74) is 18.1. The van der Waals surface area contributed by atoms with Gasteiger partial charge in [-0.1, -0.05) is 170 Å². The van der Waals surface area contributed by atoms with Crippen LogP contribution in [0.1, 0.15) is 33.4 Å². The number of rotatable bonds is 7. The maximum Gasteiger partial charge on any atom is 0.0716 e. The minimum Gasteiger partial charge on any atom is -0.311 e. The molecule has 0 heterocycles. The highest BCUT2D eigenvalue weighted by atomic mass is 15.1. The van der Waals surface area contributed by atoms with E-state index in [-0.39, 0.29) is 0 Å². The molecule has 0 N–H and O–H groups in total. The van der Waals surface area contributed by atoms with E-state index in [1.165, 1.54) is 88.3 Å². The fraction of sp³-hybridized carbons (Fsp3) is 0.0508. The summed E-state index contributed by atoms with van der Waals surface area (Å²) in [6.45, 7) is 4.55. The van der Waals surface area contributed by atoms with Crippen LogP contribution in [0.4, 0.5) is 17.1 Å². The molecule has 0 aromatic heterocycles. The van der Waals surface area contributed by atoms with Crippen molar-refractivity contribution in [2.24, 2.45) is 0 Å². The number of benzene rings is 10. The van der Waals surface area contributed by atoms with Gasteiger partial charge >= 0.3 is 0 Å². The lowest BCUT2D eigenvalue weighted by Gasteiger charge is -2.36. The molecule has 1 atom stereocenters. The highest BCUT2D eigenvalue weighted by Gasteiger charge is 2.47. The lowest BCUT2D eigenvalue weighted by Crippen LogP contribution is -2.30. The molecule has 284 valence electrons. The Morgan fingerprint density at radius 1 is 0.317 bits per heavy atom. The summed E-state index contributed by atoms with van der Waals surface area (Å²) < 4.78 is 0. The molecular weight excluding hydrogens is 723 g/mol. The second-order valence-corrected chi connectivity index (χ2v) is 16.2.